The number of methoxy groups -OCH3 is 1. The van der Waals surface area contributed by atoms with Crippen LogP contribution in [0.25, 0.3) is 17.0 Å². The van der Waals surface area contributed by atoms with Crippen LogP contribution in [0.2, 0.25) is 0 Å². The van der Waals surface area contributed by atoms with E-state index in [1.54, 1.807) is 25.3 Å². The predicted molar refractivity (Wildman–Crippen MR) is 99.4 cm³/mol. The number of benzene rings is 2. The van der Waals surface area contributed by atoms with E-state index in [0.29, 0.717) is 17.8 Å². The van der Waals surface area contributed by atoms with Crippen LogP contribution in [0.3, 0.4) is 0 Å². The molecule has 0 atom stereocenters. The van der Waals surface area contributed by atoms with Gasteiger partial charge in [-0.1, -0.05) is 36.4 Å². The Kier molecular flexibility index (Phi) is 5.06. The highest BCUT2D eigenvalue weighted by molar-refractivity contribution is 6.03. The Morgan fingerprint density at radius 2 is 1.96 bits per heavy atom. The Bertz CT molecular complexity index is 975. The number of nitrogens with one attached hydrogen (secondary N) is 2. The summed E-state index contributed by atoms with van der Waals surface area (Å²) < 4.78 is 5.13. The van der Waals surface area contributed by atoms with E-state index in [1.807, 2.05) is 36.4 Å². The molecule has 0 spiro atoms. The number of hydrogen-bond donors (Lipinski definition) is 2. The van der Waals surface area contributed by atoms with Gasteiger partial charge in [-0.3, -0.25) is 9.59 Å². The molecule has 0 radical (unpaired) electrons. The third kappa shape index (κ3) is 4.22. The summed E-state index contributed by atoms with van der Waals surface area (Å²) in [6, 6.07) is 16.5. The van der Waals surface area contributed by atoms with Gasteiger partial charge in [-0.2, -0.15) is 0 Å². The first-order valence-corrected chi connectivity index (χ1v) is 7.85. The van der Waals surface area contributed by atoms with Crippen LogP contribution in [0.1, 0.15) is 11.1 Å². The smallest absolute Gasteiger partial charge is 0.248 e. The molecule has 0 bridgehead atoms. The zero-order valence-electron chi connectivity index (χ0n) is 13.8. The fourth-order valence-electron chi connectivity index (χ4n) is 2.61. The summed E-state index contributed by atoms with van der Waals surface area (Å²) in [5, 5.41) is 3.68. The van der Waals surface area contributed by atoms with Gasteiger partial charge in [0.25, 0.3) is 0 Å². The average Bonchev–Trinajstić information content (AvgIpc) is 2.61. The summed E-state index contributed by atoms with van der Waals surface area (Å²) in [5.74, 6) is -0.237. The molecule has 0 fully saturated rings. The number of fused-ring (bicyclic) bond motifs is 1. The number of ether oxygens (including phenoxy) is 1. The predicted octanol–water partition coefficient (Wildman–Crippen LogP) is 3.33. The molecule has 25 heavy (non-hydrogen) atoms. The van der Waals surface area contributed by atoms with Crippen molar-refractivity contribution < 1.29 is 9.53 Å². The van der Waals surface area contributed by atoms with Gasteiger partial charge >= 0.3 is 0 Å². The highest BCUT2D eigenvalue weighted by atomic mass is 16.5. The second-order valence-electron chi connectivity index (χ2n) is 5.59. The molecule has 2 aromatic carbocycles. The topological polar surface area (TPSA) is 71.2 Å². The third-order valence-electron chi connectivity index (χ3n) is 3.72. The first-order chi connectivity index (χ1) is 12.2. The summed E-state index contributed by atoms with van der Waals surface area (Å²) >= 11 is 0. The highest BCUT2D eigenvalue weighted by Gasteiger charge is 2.05. The van der Waals surface area contributed by atoms with Gasteiger partial charge in [-0.25, -0.2) is 0 Å². The molecule has 126 valence electrons. The van der Waals surface area contributed by atoms with Crippen molar-refractivity contribution in [2.45, 2.75) is 6.61 Å². The maximum Gasteiger partial charge on any atom is 0.248 e. The van der Waals surface area contributed by atoms with E-state index >= 15 is 0 Å². The lowest BCUT2D eigenvalue weighted by Crippen LogP contribution is -2.10. The van der Waals surface area contributed by atoms with Crippen molar-refractivity contribution in [1.82, 2.24) is 4.98 Å². The molecule has 0 saturated carbocycles. The van der Waals surface area contributed by atoms with Crippen LogP contribution in [-0.4, -0.2) is 18.0 Å². The lowest BCUT2D eigenvalue weighted by Gasteiger charge is -2.08. The van der Waals surface area contributed by atoms with Gasteiger partial charge in [0, 0.05) is 30.3 Å². The SMILES string of the molecule is COCc1cc(=O)[nH]c2cc(NC(=O)/C=C\c3ccccc3)ccc12. The molecule has 3 rings (SSSR count). The minimum atomic E-state index is -0.237. The number of carbonyl (C=O) groups is 1. The van der Waals surface area contributed by atoms with Crippen LogP contribution in [0.15, 0.2) is 65.5 Å². The Balaban J connectivity index is 1.81. The largest absolute Gasteiger partial charge is 0.380 e. The second-order valence-corrected chi connectivity index (χ2v) is 5.59. The molecule has 3 aromatic rings. The van der Waals surface area contributed by atoms with Crippen LogP contribution >= 0.6 is 0 Å². The lowest BCUT2D eigenvalue weighted by molar-refractivity contribution is -0.111. The number of hydrogen-bond acceptors (Lipinski definition) is 3. The summed E-state index contributed by atoms with van der Waals surface area (Å²) in [6.45, 7) is 0.353. The van der Waals surface area contributed by atoms with Crippen LogP contribution in [0.5, 0.6) is 0 Å². The molecule has 0 unspecified atom stereocenters. The van der Waals surface area contributed by atoms with Crippen molar-refractivity contribution >= 4 is 28.6 Å². The van der Waals surface area contributed by atoms with Crippen LogP contribution in [-0.2, 0) is 16.1 Å². The first-order valence-electron chi connectivity index (χ1n) is 7.85. The van der Waals surface area contributed by atoms with Crippen molar-refractivity contribution in [1.29, 1.82) is 0 Å². The highest BCUT2D eigenvalue weighted by Crippen LogP contribution is 2.20. The van der Waals surface area contributed by atoms with Crippen LogP contribution < -0.4 is 10.9 Å². The van der Waals surface area contributed by atoms with Gasteiger partial charge in [0.05, 0.1) is 12.1 Å². The third-order valence-corrected chi connectivity index (χ3v) is 3.72. The number of anilines is 1. The molecule has 0 aliphatic heterocycles. The molecule has 0 saturated heterocycles. The van der Waals surface area contributed by atoms with Gasteiger partial charge in [0.15, 0.2) is 0 Å². The van der Waals surface area contributed by atoms with Crippen molar-refractivity contribution in [3.63, 3.8) is 0 Å². The molecular formula is C20H18N2O3. The zero-order chi connectivity index (χ0) is 17.6. The molecule has 5 heteroatoms. The van der Waals surface area contributed by atoms with Gasteiger partial charge in [-0.15, -0.1) is 0 Å². The van der Waals surface area contributed by atoms with E-state index in [4.69, 9.17) is 4.74 Å². The van der Waals surface area contributed by atoms with Crippen LogP contribution in [0, 0.1) is 0 Å². The molecule has 5 nitrogen and oxygen atoms in total. The number of carbonyl (C=O) groups excluding carboxylic acids is 1. The second kappa shape index (κ2) is 7.59. The number of rotatable bonds is 5. The van der Waals surface area contributed by atoms with E-state index in [1.165, 1.54) is 12.1 Å². The number of pyridine rings is 1. The normalized spacial score (nSPS) is 11.1. The maximum atomic E-state index is 12.1. The Labute approximate surface area is 145 Å². The molecule has 1 heterocycles. The first kappa shape index (κ1) is 16.7. The van der Waals surface area contributed by atoms with Gasteiger partial charge in [-0.05, 0) is 29.3 Å². The number of aromatic amines is 1. The van der Waals surface area contributed by atoms with E-state index in [0.717, 1.165) is 16.5 Å². The lowest BCUT2D eigenvalue weighted by atomic mass is 10.1. The minimum absolute atomic E-state index is 0.202. The fourth-order valence-corrected chi connectivity index (χ4v) is 2.61. The van der Waals surface area contributed by atoms with Crippen molar-refractivity contribution in [3.05, 3.63) is 82.2 Å². The minimum Gasteiger partial charge on any atom is -0.380 e. The standard InChI is InChI=1S/C20H18N2O3/c1-25-13-15-11-20(24)22-18-12-16(8-9-17(15)18)21-19(23)10-7-14-5-3-2-4-6-14/h2-12H,13H2,1H3,(H,21,23)(H,22,24)/b10-7-. The molecule has 1 aromatic heterocycles. The quantitative estimate of drug-likeness (QED) is 0.703. The summed E-state index contributed by atoms with van der Waals surface area (Å²) in [5.41, 5.74) is 2.82. The Hall–Kier alpha value is -3.18. The molecule has 1 amide bonds. The monoisotopic (exact) mass is 334 g/mol. The summed E-state index contributed by atoms with van der Waals surface area (Å²) in [4.78, 5) is 26.6. The van der Waals surface area contributed by atoms with E-state index in [9.17, 15) is 9.59 Å². The molecule has 0 aliphatic rings. The summed E-state index contributed by atoms with van der Waals surface area (Å²) in [7, 11) is 1.58. The van der Waals surface area contributed by atoms with E-state index in [-0.39, 0.29) is 11.5 Å². The van der Waals surface area contributed by atoms with Crippen molar-refractivity contribution in [2.24, 2.45) is 0 Å². The Morgan fingerprint density at radius 1 is 1.16 bits per heavy atom. The number of amides is 1. The van der Waals surface area contributed by atoms with Crippen molar-refractivity contribution in [3.8, 4) is 0 Å². The molecule has 2 N–H and O–H groups in total. The summed E-state index contributed by atoms with van der Waals surface area (Å²) in [6.07, 6.45) is 3.22. The number of aromatic nitrogens is 1. The maximum absolute atomic E-state index is 12.1. The average molecular weight is 334 g/mol. The number of H-pyrrole nitrogens is 1. The zero-order valence-corrected chi connectivity index (χ0v) is 13.8. The molecule has 0 aliphatic carbocycles. The van der Waals surface area contributed by atoms with Gasteiger partial charge < -0.3 is 15.0 Å². The molecular weight excluding hydrogens is 316 g/mol. The van der Waals surface area contributed by atoms with E-state index < -0.39 is 0 Å². The van der Waals surface area contributed by atoms with E-state index in [2.05, 4.69) is 10.3 Å². The van der Waals surface area contributed by atoms with Gasteiger partial charge in [0.2, 0.25) is 11.5 Å². The Morgan fingerprint density at radius 3 is 2.72 bits per heavy atom. The van der Waals surface area contributed by atoms with Crippen LogP contribution in [0.4, 0.5) is 5.69 Å². The van der Waals surface area contributed by atoms with Crippen molar-refractivity contribution in [2.75, 3.05) is 12.4 Å². The van der Waals surface area contributed by atoms with Gasteiger partial charge in [0.1, 0.15) is 0 Å². The fraction of sp³-hybridized carbons (Fsp3) is 0.100.